The van der Waals surface area contributed by atoms with Crippen molar-refractivity contribution in [2.45, 2.75) is 6.54 Å². The number of fused-ring (bicyclic) bond motifs is 4. The lowest BCUT2D eigenvalue weighted by Crippen LogP contribution is -2.35. The SMILES string of the molecule is CN(C)CCNC(=O)c1cccc2c1CN1C(=O)c3ccccc3C1=N2. The van der Waals surface area contributed by atoms with Crippen molar-refractivity contribution in [3.8, 4) is 0 Å². The lowest BCUT2D eigenvalue weighted by Gasteiger charge is -2.25. The van der Waals surface area contributed by atoms with E-state index >= 15 is 0 Å². The second-order valence-corrected chi connectivity index (χ2v) is 6.73. The van der Waals surface area contributed by atoms with Crippen LogP contribution in [0.15, 0.2) is 47.5 Å². The first-order valence-corrected chi connectivity index (χ1v) is 8.61. The minimum Gasteiger partial charge on any atom is -0.351 e. The lowest BCUT2D eigenvalue weighted by molar-refractivity contribution is 0.0847. The molecule has 4 rings (SSSR count). The second-order valence-electron chi connectivity index (χ2n) is 6.73. The van der Waals surface area contributed by atoms with Crippen LogP contribution in [0, 0.1) is 0 Å². The fourth-order valence-corrected chi connectivity index (χ4v) is 3.34. The van der Waals surface area contributed by atoms with Gasteiger partial charge in [-0.1, -0.05) is 24.3 Å². The van der Waals surface area contributed by atoms with E-state index in [0.717, 1.165) is 23.4 Å². The molecule has 0 saturated heterocycles. The second kappa shape index (κ2) is 6.38. The van der Waals surface area contributed by atoms with Gasteiger partial charge in [-0.25, -0.2) is 4.99 Å². The van der Waals surface area contributed by atoms with Gasteiger partial charge in [-0.15, -0.1) is 0 Å². The van der Waals surface area contributed by atoms with Gasteiger partial charge < -0.3 is 10.2 Å². The summed E-state index contributed by atoms with van der Waals surface area (Å²) in [6.45, 7) is 1.69. The van der Waals surface area contributed by atoms with Crippen molar-refractivity contribution in [1.29, 1.82) is 0 Å². The average Bonchev–Trinajstić information content (AvgIpc) is 2.91. The summed E-state index contributed by atoms with van der Waals surface area (Å²) >= 11 is 0. The van der Waals surface area contributed by atoms with Gasteiger partial charge in [0.2, 0.25) is 0 Å². The van der Waals surface area contributed by atoms with Crippen LogP contribution in [0.5, 0.6) is 0 Å². The zero-order valence-electron chi connectivity index (χ0n) is 14.8. The summed E-state index contributed by atoms with van der Waals surface area (Å²) in [7, 11) is 3.92. The topological polar surface area (TPSA) is 65.0 Å². The van der Waals surface area contributed by atoms with Crippen molar-refractivity contribution < 1.29 is 9.59 Å². The van der Waals surface area contributed by atoms with E-state index in [2.05, 4.69) is 10.3 Å². The van der Waals surface area contributed by atoms with Gasteiger partial charge in [0.15, 0.2) is 0 Å². The monoisotopic (exact) mass is 348 g/mol. The molecule has 6 nitrogen and oxygen atoms in total. The number of carbonyl (C=O) groups is 2. The molecule has 0 saturated carbocycles. The smallest absolute Gasteiger partial charge is 0.260 e. The van der Waals surface area contributed by atoms with E-state index in [1.807, 2.05) is 55.4 Å². The van der Waals surface area contributed by atoms with Gasteiger partial charge in [0, 0.05) is 29.8 Å². The summed E-state index contributed by atoms with van der Waals surface area (Å²) in [5.41, 5.74) is 3.63. The van der Waals surface area contributed by atoms with Gasteiger partial charge in [-0.05, 0) is 32.3 Å². The number of carbonyl (C=O) groups excluding carboxylic acids is 2. The summed E-state index contributed by atoms with van der Waals surface area (Å²) in [4.78, 5) is 33.7. The highest BCUT2D eigenvalue weighted by atomic mass is 16.2. The summed E-state index contributed by atoms with van der Waals surface area (Å²) < 4.78 is 0. The highest BCUT2D eigenvalue weighted by Crippen LogP contribution is 2.35. The molecule has 2 heterocycles. The average molecular weight is 348 g/mol. The Balaban J connectivity index is 1.67. The van der Waals surface area contributed by atoms with E-state index in [1.54, 1.807) is 11.0 Å². The molecule has 0 bridgehead atoms. The Bertz CT molecular complexity index is 933. The van der Waals surface area contributed by atoms with Crippen LogP contribution >= 0.6 is 0 Å². The number of aliphatic imine (C=N–C) groups is 1. The van der Waals surface area contributed by atoms with Crippen molar-refractivity contribution in [3.05, 3.63) is 64.7 Å². The van der Waals surface area contributed by atoms with E-state index in [9.17, 15) is 9.59 Å². The molecule has 132 valence electrons. The van der Waals surface area contributed by atoms with Crippen molar-refractivity contribution >= 4 is 23.3 Å². The van der Waals surface area contributed by atoms with Gasteiger partial charge in [0.25, 0.3) is 11.8 Å². The number of rotatable bonds is 4. The summed E-state index contributed by atoms with van der Waals surface area (Å²) in [5, 5.41) is 2.94. The fourth-order valence-electron chi connectivity index (χ4n) is 3.34. The first-order valence-electron chi connectivity index (χ1n) is 8.61. The van der Waals surface area contributed by atoms with Gasteiger partial charge in [-0.2, -0.15) is 0 Å². The largest absolute Gasteiger partial charge is 0.351 e. The van der Waals surface area contributed by atoms with Crippen LogP contribution in [-0.4, -0.2) is 54.6 Å². The third-order valence-corrected chi connectivity index (χ3v) is 4.68. The molecule has 1 N–H and O–H groups in total. The van der Waals surface area contributed by atoms with Gasteiger partial charge in [-0.3, -0.25) is 14.5 Å². The van der Waals surface area contributed by atoms with Gasteiger partial charge in [0.05, 0.1) is 17.8 Å². The van der Waals surface area contributed by atoms with Crippen LogP contribution in [-0.2, 0) is 6.54 Å². The normalized spacial score (nSPS) is 14.7. The maximum Gasteiger partial charge on any atom is 0.260 e. The molecular weight excluding hydrogens is 328 g/mol. The number of amidine groups is 1. The molecule has 2 aliphatic rings. The zero-order chi connectivity index (χ0) is 18.3. The fraction of sp³-hybridized carbons (Fsp3) is 0.250. The molecule has 6 heteroatoms. The Hall–Kier alpha value is -2.99. The number of nitrogens with one attached hydrogen (secondary N) is 1. The standard InChI is InChI=1S/C20H20N4O2/c1-23(2)11-10-21-19(25)14-8-5-9-17-16(14)12-24-18(22-17)13-6-3-4-7-15(13)20(24)26/h3-9H,10-12H2,1-2H3,(H,21,25). The molecule has 26 heavy (non-hydrogen) atoms. The van der Waals surface area contributed by atoms with Crippen molar-refractivity contribution in [2.24, 2.45) is 4.99 Å². The Morgan fingerprint density at radius 2 is 1.92 bits per heavy atom. The minimum atomic E-state index is -0.133. The highest BCUT2D eigenvalue weighted by Gasteiger charge is 2.37. The number of hydrogen-bond acceptors (Lipinski definition) is 4. The zero-order valence-corrected chi connectivity index (χ0v) is 14.8. The molecule has 0 unspecified atom stereocenters. The molecule has 2 aromatic carbocycles. The molecule has 2 amide bonds. The van der Waals surface area contributed by atoms with E-state index in [0.29, 0.717) is 30.1 Å². The van der Waals surface area contributed by atoms with Crippen LogP contribution in [0.3, 0.4) is 0 Å². The Morgan fingerprint density at radius 1 is 1.15 bits per heavy atom. The van der Waals surface area contributed by atoms with Crippen LogP contribution < -0.4 is 5.32 Å². The summed E-state index contributed by atoms with van der Waals surface area (Å²) in [6, 6.07) is 13.0. The highest BCUT2D eigenvalue weighted by molar-refractivity contribution is 6.24. The Kier molecular flexibility index (Phi) is 4.05. The van der Waals surface area contributed by atoms with Crippen molar-refractivity contribution in [1.82, 2.24) is 15.1 Å². The molecule has 0 atom stereocenters. The number of amides is 2. The quantitative estimate of drug-likeness (QED) is 0.919. The van der Waals surface area contributed by atoms with Crippen LogP contribution in [0.1, 0.15) is 31.8 Å². The number of hydrogen-bond donors (Lipinski definition) is 1. The molecule has 0 aromatic heterocycles. The molecule has 0 fully saturated rings. The predicted octanol–water partition coefficient (Wildman–Crippen LogP) is 2.03. The van der Waals surface area contributed by atoms with Crippen LogP contribution in [0.2, 0.25) is 0 Å². The molecule has 0 aliphatic carbocycles. The molecule has 0 radical (unpaired) electrons. The molecular formula is C20H20N4O2. The molecule has 2 aromatic rings. The van der Waals surface area contributed by atoms with E-state index in [4.69, 9.17) is 0 Å². The van der Waals surface area contributed by atoms with Crippen molar-refractivity contribution in [2.75, 3.05) is 27.2 Å². The Morgan fingerprint density at radius 3 is 2.69 bits per heavy atom. The van der Waals surface area contributed by atoms with E-state index < -0.39 is 0 Å². The predicted molar refractivity (Wildman–Crippen MR) is 99.8 cm³/mol. The number of nitrogens with zero attached hydrogens (tertiary/aromatic N) is 3. The first-order chi connectivity index (χ1) is 12.6. The first kappa shape index (κ1) is 16.5. The Labute approximate surface area is 152 Å². The van der Waals surface area contributed by atoms with Crippen molar-refractivity contribution in [3.63, 3.8) is 0 Å². The maximum absolute atomic E-state index is 12.7. The van der Waals surface area contributed by atoms with Crippen LogP contribution in [0.4, 0.5) is 5.69 Å². The van der Waals surface area contributed by atoms with E-state index in [1.165, 1.54) is 0 Å². The number of likely N-dealkylation sites (N-methyl/N-ethyl adjacent to an activating group) is 1. The lowest BCUT2D eigenvalue weighted by atomic mass is 10.0. The molecule has 0 spiro atoms. The van der Waals surface area contributed by atoms with Crippen LogP contribution in [0.25, 0.3) is 0 Å². The molecule has 2 aliphatic heterocycles. The van der Waals surface area contributed by atoms with Gasteiger partial charge in [0.1, 0.15) is 5.84 Å². The third-order valence-electron chi connectivity index (χ3n) is 4.68. The summed E-state index contributed by atoms with van der Waals surface area (Å²) in [5.74, 6) is 0.475. The number of benzene rings is 2. The maximum atomic E-state index is 12.7. The van der Waals surface area contributed by atoms with Gasteiger partial charge >= 0.3 is 0 Å². The minimum absolute atomic E-state index is 0.0622. The third kappa shape index (κ3) is 2.68. The summed E-state index contributed by atoms with van der Waals surface area (Å²) in [6.07, 6.45) is 0. The van der Waals surface area contributed by atoms with E-state index in [-0.39, 0.29) is 11.8 Å².